The van der Waals surface area contributed by atoms with E-state index in [0.717, 1.165) is 122 Å². The number of fused-ring (bicyclic) bond motifs is 6. The van der Waals surface area contributed by atoms with Gasteiger partial charge in [-0.3, -0.25) is 0 Å². The third-order valence-electron chi connectivity index (χ3n) is 16.9. The molecule has 0 amide bonds. The van der Waals surface area contributed by atoms with Gasteiger partial charge in [0.15, 0.2) is 17.5 Å². The van der Waals surface area contributed by atoms with Crippen LogP contribution >= 0.6 is 0 Å². The van der Waals surface area contributed by atoms with Crippen molar-refractivity contribution in [3.05, 3.63) is 268 Å². The van der Waals surface area contributed by atoms with Crippen LogP contribution in [0.2, 0.25) is 0 Å². The minimum atomic E-state index is -4.69. The molecule has 0 fully saturated rings. The molecule has 424 valence electrons. The molecule has 0 N–H and O–H groups in total. The lowest BCUT2D eigenvalue weighted by atomic mass is 9.97. The van der Waals surface area contributed by atoms with Crippen molar-refractivity contribution in [1.29, 1.82) is 0 Å². The largest absolute Gasteiger partial charge is 0.416 e. The zero-order chi connectivity index (χ0) is 60.2. The summed E-state index contributed by atoms with van der Waals surface area (Å²) in [6.07, 6.45) is -4.69. The van der Waals surface area contributed by atoms with E-state index in [1.54, 1.807) is 6.07 Å². The van der Waals surface area contributed by atoms with E-state index in [0.29, 0.717) is 28.5 Å². The predicted molar refractivity (Wildman–Crippen MR) is 354 cm³/mol. The number of aromatic nitrogens is 5. The van der Waals surface area contributed by atoms with Crippen LogP contribution in [0.5, 0.6) is 0 Å². The van der Waals surface area contributed by atoms with Gasteiger partial charge in [-0.2, -0.15) is 13.2 Å². The van der Waals surface area contributed by atoms with Crippen molar-refractivity contribution >= 4 is 43.6 Å². The molecule has 0 aliphatic heterocycles. The van der Waals surface area contributed by atoms with Crippen LogP contribution in [0.25, 0.3) is 134 Å². The number of rotatable bonds is 9. The molecule has 87 heavy (non-hydrogen) atoms. The number of alkyl halides is 3. The quantitative estimate of drug-likeness (QED) is 0.145. The second kappa shape index (κ2) is 21.1. The van der Waals surface area contributed by atoms with Gasteiger partial charge in [-0.05, 0) is 186 Å². The van der Waals surface area contributed by atoms with Crippen LogP contribution in [0.15, 0.2) is 212 Å². The second-order valence-corrected chi connectivity index (χ2v) is 24.0. The maximum Gasteiger partial charge on any atom is 0.416 e. The van der Waals surface area contributed by atoms with E-state index in [1.807, 2.05) is 37.3 Å². The summed E-state index contributed by atoms with van der Waals surface area (Å²) in [4.78, 5) is 15.9. The van der Waals surface area contributed by atoms with E-state index in [2.05, 4.69) is 228 Å². The lowest BCUT2D eigenvalue weighted by molar-refractivity contribution is -0.137. The van der Waals surface area contributed by atoms with Crippen molar-refractivity contribution in [3.8, 4) is 90.0 Å². The van der Waals surface area contributed by atoms with Crippen molar-refractivity contribution in [1.82, 2.24) is 24.1 Å². The van der Waals surface area contributed by atoms with E-state index in [9.17, 15) is 0 Å². The molecule has 14 aromatic rings. The molecule has 5 nitrogen and oxygen atoms in total. The Morgan fingerprint density at radius 2 is 0.586 bits per heavy atom. The minimum absolute atomic E-state index is 0.0968. The minimum Gasteiger partial charge on any atom is -0.309 e. The van der Waals surface area contributed by atoms with E-state index >= 15 is 13.2 Å². The fourth-order valence-corrected chi connectivity index (χ4v) is 13.3. The van der Waals surface area contributed by atoms with E-state index in [4.69, 9.17) is 15.0 Å². The van der Waals surface area contributed by atoms with Crippen molar-refractivity contribution in [3.63, 3.8) is 0 Å². The predicted octanol–water partition coefficient (Wildman–Crippen LogP) is 21.5. The van der Waals surface area contributed by atoms with E-state index in [1.165, 1.54) is 34.4 Å². The van der Waals surface area contributed by atoms with Crippen LogP contribution in [0.3, 0.4) is 0 Å². The maximum atomic E-state index is 15.4. The lowest BCUT2D eigenvalue weighted by Crippen LogP contribution is -2.09. The number of hydrogen-bond donors (Lipinski definition) is 0. The summed E-state index contributed by atoms with van der Waals surface area (Å²) in [5, 5.41) is 4.06. The Morgan fingerprint density at radius 3 is 0.931 bits per heavy atom. The molecular weight excluding hydrogens is 1080 g/mol. The van der Waals surface area contributed by atoms with Crippen LogP contribution in [-0.2, 0) is 6.18 Å². The molecular formula is C79H62F3N5. The van der Waals surface area contributed by atoms with Gasteiger partial charge in [0.25, 0.3) is 0 Å². The fraction of sp³-hybridized carbons (Fsp3) is 0.127. The molecule has 0 radical (unpaired) electrons. The van der Waals surface area contributed by atoms with Gasteiger partial charge in [0.1, 0.15) is 0 Å². The molecule has 0 unspecified atom stereocenters. The zero-order valence-corrected chi connectivity index (χ0v) is 50.1. The molecule has 0 aliphatic rings. The molecule has 0 saturated heterocycles. The molecule has 14 rings (SSSR count). The summed E-state index contributed by atoms with van der Waals surface area (Å²) in [5.41, 5.74) is 24.7. The highest BCUT2D eigenvalue weighted by Crippen LogP contribution is 2.44. The summed E-state index contributed by atoms with van der Waals surface area (Å²) >= 11 is 0. The number of nitrogens with zero attached hydrogens (tertiary/aromatic N) is 5. The molecule has 8 heteroatoms. The van der Waals surface area contributed by atoms with Crippen LogP contribution in [-0.4, -0.2) is 24.1 Å². The van der Waals surface area contributed by atoms with E-state index < -0.39 is 11.7 Å². The van der Waals surface area contributed by atoms with Gasteiger partial charge in [-0.25, -0.2) is 15.0 Å². The highest BCUT2D eigenvalue weighted by atomic mass is 19.4. The molecule has 11 aromatic carbocycles. The van der Waals surface area contributed by atoms with E-state index in [-0.39, 0.29) is 11.4 Å². The summed E-state index contributed by atoms with van der Waals surface area (Å²) in [5.74, 6) is 0.732. The monoisotopic (exact) mass is 1140 g/mol. The summed E-state index contributed by atoms with van der Waals surface area (Å²) < 4.78 is 50.7. The first-order chi connectivity index (χ1) is 41.8. The summed E-state index contributed by atoms with van der Waals surface area (Å²) in [6.45, 7) is 19.0. The van der Waals surface area contributed by atoms with Crippen molar-refractivity contribution in [2.24, 2.45) is 0 Å². The SMILES string of the molecule is Cc1cc(C)cc(-c2ccc3c(c2)c2cc(-c4cc(C)cc(C)c4)ccc2n3-c2ccc(C)cc2-c2nc(-c3ccccc3)nc(-c3cc(C(F)(F)F)ccc3-n3c4ccc(-c5cc(C)cc(C)c5)cc4c4cc(-c5cc(C)cc(C)c5)ccc43)n2)c1. The Bertz CT molecular complexity index is 4840. The van der Waals surface area contributed by atoms with Crippen molar-refractivity contribution in [2.45, 2.75) is 68.5 Å². The molecule has 0 bridgehead atoms. The molecule has 0 atom stereocenters. The maximum absolute atomic E-state index is 15.4. The first-order valence-electron chi connectivity index (χ1n) is 29.5. The Hall–Kier alpha value is -10.2. The Labute approximate surface area is 504 Å². The molecule has 0 saturated carbocycles. The molecule has 3 aromatic heterocycles. The number of hydrogen-bond acceptors (Lipinski definition) is 3. The summed E-state index contributed by atoms with van der Waals surface area (Å²) in [6, 6.07) is 72.5. The van der Waals surface area contributed by atoms with Gasteiger partial charge in [0.05, 0.1) is 39.0 Å². The third kappa shape index (κ3) is 10.1. The Balaban J connectivity index is 1.03. The topological polar surface area (TPSA) is 48.5 Å². The van der Waals surface area contributed by atoms with Gasteiger partial charge in [0.2, 0.25) is 0 Å². The van der Waals surface area contributed by atoms with Crippen molar-refractivity contribution < 1.29 is 13.2 Å². The number of benzene rings is 11. The van der Waals surface area contributed by atoms with Gasteiger partial charge >= 0.3 is 6.18 Å². The average molecular weight is 1140 g/mol. The zero-order valence-electron chi connectivity index (χ0n) is 50.1. The van der Waals surface area contributed by atoms with Gasteiger partial charge in [-0.15, -0.1) is 0 Å². The van der Waals surface area contributed by atoms with Gasteiger partial charge < -0.3 is 9.13 Å². The van der Waals surface area contributed by atoms with Gasteiger partial charge in [-0.1, -0.05) is 184 Å². The first-order valence-corrected chi connectivity index (χ1v) is 29.5. The molecule has 0 spiro atoms. The highest BCUT2D eigenvalue weighted by Gasteiger charge is 2.33. The van der Waals surface area contributed by atoms with Crippen molar-refractivity contribution in [2.75, 3.05) is 0 Å². The fourth-order valence-electron chi connectivity index (χ4n) is 13.3. The second-order valence-electron chi connectivity index (χ2n) is 24.0. The smallest absolute Gasteiger partial charge is 0.309 e. The van der Waals surface area contributed by atoms with Crippen LogP contribution in [0.1, 0.15) is 55.6 Å². The highest BCUT2D eigenvalue weighted by molar-refractivity contribution is 6.13. The van der Waals surface area contributed by atoms with Gasteiger partial charge in [0, 0.05) is 38.2 Å². The van der Waals surface area contributed by atoms with Crippen LogP contribution in [0.4, 0.5) is 13.2 Å². The normalized spacial score (nSPS) is 11.9. The molecule has 0 aliphatic carbocycles. The van der Waals surface area contributed by atoms with Crippen LogP contribution < -0.4 is 0 Å². The average Bonchev–Trinajstić information content (AvgIpc) is 1.67. The number of halogens is 3. The molecule has 3 heterocycles. The standard InChI is InChI=1S/C79H62F3N5/c1-45-15-21-74(86-70-22-16-55(59-31-46(2)27-47(3)32-59)40-64(70)65-41-56(17-23-71(65)86)60-33-48(4)28-49(5)34-60)68(39-45)77-83-76(54-13-11-10-12-14-54)84-78(85-77)69-44-63(79(80,81)82)20-26-75(69)87-72-24-18-57(61-35-50(6)29-51(7)36-61)42-66(72)67-43-58(19-25-73(67)87)62-37-52(8)30-53(9)38-62/h10-44H,1-9H3. The number of aryl methyl sites for hydroxylation is 9. The Kier molecular flexibility index (Phi) is 13.3. The summed E-state index contributed by atoms with van der Waals surface area (Å²) in [7, 11) is 0. The first kappa shape index (κ1) is 54.7. The third-order valence-corrected chi connectivity index (χ3v) is 16.9. The lowest BCUT2D eigenvalue weighted by Gasteiger charge is -2.18. The van der Waals surface area contributed by atoms with Crippen LogP contribution in [0, 0.1) is 62.3 Å². The Morgan fingerprint density at radius 1 is 0.264 bits per heavy atom.